The predicted molar refractivity (Wildman–Crippen MR) is 211 cm³/mol. The Bertz CT molecular complexity index is 2680. The van der Waals surface area contributed by atoms with Gasteiger partial charge in [0.2, 0.25) is 5.71 Å². The number of furan rings is 1. The molecule has 9 rings (SSSR count). The van der Waals surface area contributed by atoms with Crippen LogP contribution in [0, 0.1) is 5.82 Å². The SMILES string of the molecule is CC(C)(C)c1cc(-c2ccccc2)c(Cn2c(-c3cccc4c3oc3nc(-c5ccc(F)cc5)ccc34)nc3ccccc32)c(-c2ccccc2)c1. The number of halogens is 1. The van der Waals surface area contributed by atoms with Gasteiger partial charge in [-0.15, -0.1) is 0 Å². The van der Waals surface area contributed by atoms with Gasteiger partial charge in [0, 0.05) is 16.3 Å². The molecule has 3 heterocycles. The molecule has 0 saturated carbocycles. The summed E-state index contributed by atoms with van der Waals surface area (Å²) in [7, 11) is 0. The minimum Gasteiger partial charge on any atom is -0.437 e. The van der Waals surface area contributed by atoms with Crippen molar-refractivity contribution in [2.24, 2.45) is 0 Å². The molecule has 3 aromatic heterocycles. The summed E-state index contributed by atoms with van der Waals surface area (Å²) in [5.41, 5.74) is 12.9. The van der Waals surface area contributed by atoms with Gasteiger partial charge in [0.15, 0.2) is 0 Å². The molecule has 252 valence electrons. The molecule has 6 aromatic carbocycles. The van der Waals surface area contributed by atoms with Gasteiger partial charge >= 0.3 is 0 Å². The quantitative estimate of drug-likeness (QED) is 0.176. The molecule has 0 amide bonds. The molecular weight excluding hydrogens is 642 g/mol. The predicted octanol–water partition coefficient (Wildman–Crippen LogP) is 12.5. The highest BCUT2D eigenvalue weighted by Gasteiger charge is 2.24. The molecule has 0 fully saturated rings. The zero-order valence-corrected chi connectivity index (χ0v) is 29.3. The third-order valence-corrected chi connectivity index (χ3v) is 10.0. The van der Waals surface area contributed by atoms with Gasteiger partial charge in [-0.2, -0.15) is 0 Å². The van der Waals surface area contributed by atoms with Gasteiger partial charge < -0.3 is 8.98 Å². The lowest BCUT2D eigenvalue weighted by atomic mass is 9.81. The molecule has 5 heteroatoms. The standard InChI is InChI=1S/C47H36FN3O/c1-47(2,3)33-27-38(30-13-6-4-7-14-30)40(39(28-33)31-15-8-5-9-16-31)29-51-43-20-11-10-19-42(43)49-45(51)37-18-12-17-35-36-25-26-41(50-46(36)52-44(35)37)32-21-23-34(48)24-22-32/h4-28H,29H2,1-3H3. The van der Waals surface area contributed by atoms with Crippen LogP contribution >= 0.6 is 0 Å². The van der Waals surface area contributed by atoms with E-state index in [2.05, 4.69) is 135 Å². The molecule has 0 radical (unpaired) electrons. The summed E-state index contributed by atoms with van der Waals surface area (Å²) < 4.78 is 22.6. The van der Waals surface area contributed by atoms with Crippen molar-refractivity contribution < 1.29 is 8.81 Å². The van der Waals surface area contributed by atoms with Gasteiger partial charge in [0.1, 0.15) is 17.2 Å². The molecule has 9 aromatic rings. The fraction of sp³-hybridized carbons (Fsp3) is 0.106. The average molecular weight is 678 g/mol. The van der Waals surface area contributed by atoms with Crippen molar-refractivity contribution in [2.45, 2.75) is 32.7 Å². The van der Waals surface area contributed by atoms with E-state index in [-0.39, 0.29) is 11.2 Å². The lowest BCUT2D eigenvalue weighted by Crippen LogP contribution is -2.13. The van der Waals surface area contributed by atoms with Crippen LogP contribution in [0.5, 0.6) is 0 Å². The highest BCUT2D eigenvalue weighted by molar-refractivity contribution is 6.09. The summed E-state index contributed by atoms with van der Waals surface area (Å²) in [6, 6.07) is 51.1. The van der Waals surface area contributed by atoms with Crippen LogP contribution in [0.4, 0.5) is 4.39 Å². The van der Waals surface area contributed by atoms with Gasteiger partial charge in [0.05, 0.1) is 28.8 Å². The molecule has 0 aliphatic carbocycles. The Kier molecular flexibility index (Phi) is 7.58. The number of hydrogen-bond acceptors (Lipinski definition) is 3. The second kappa shape index (κ2) is 12.5. The summed E-state index contributed by atoms with van der Waals surface area (Å²) in [4.78, 5) is 10.2. The van der Waals surface area contributed by atoms with Crippen molar-refractivity contribution in [1.29, 1.82) is 0 Å². The first kappa shape index (κ1) is 31.6. The zero-order valence-electron chi connectivity index (χ0n) is 29.3. The molecule has 0 spiro atoms. The van der Waals surface area contributed by atoms with Crippen molar-refractivity contribution in [1.82, 2.24) is 14.5 Å². The number of benzene rings is 6. The van der Waals surface area contributed by atoms with E-state index < -0.39 is 0 Å². The van der Waals surface area contributed by atoms with E-state index in [1.165, 1.54) is 45.5 Å². The lowest BCUT2D eigenvalue weighted by Gasteiger charge is -2.25. The fourth-order valence-electron chi connectivity index (χ4n) is 7.26. The number of para-hydroxylation sites is 3. The fourth-order valence-corrected chi connectivity index (χ4v) is 7.26. The van der Waals surface area contributed by atoms with Crippen molar-refractivity contribution in [3.8, 4) is 44.9 Å². The van der Waals surface area contributed by atoms with E-state index in [0.29, 0.717) is 12.3 Å². The van der Waals surface area contributed by atoms with E-state index >= 15 is 0 Å². The molecule has 0 bridgehead atoms. The van der Waals surface area contributed by atoms with E-state index in [9.17, 15) is 4.39 Å². The average Bonchev–Trinajstić information content (AvgIpc) is 3.73. The van der Waals surface area contributed by atoms with Crippen molar-refractivity contribution in [3.05, 3.63) is 169 Å². The molecule has 0 N–H and O–H groups in total. The van der Waals surface area contributed by atoms with Crippen LogP contribution in [0.3, 0.4) is 0 Å². The number of rotatable bonds is 6. The van der Waals surface area contributed by atoms with Crippen LogP contribution in [0.25, 0.3) is 78.0 Å². The van der Waals surface area contributed by atoms with Gasteiger partial charge in [-0.05, 0) is 93.4 Å². The number of hydrogen-bond donors (Lipinski definition) is 0. The van der Waals surface area contributed by atoms with Crippen LogP contribution < -0.4 is 0 Å². The molecular formula is C47H36FN3O. The molecule has 0 aliphatic heterocycles. The Morgan fingerprint density at radius 2 is 1.25 bits per heavy atom. The highest BCUT2D eigenvalue weighted by atomic mass is 19.1. The van der Waals surface area contributed by atoms with E-state index in [4.69, 9.17) is 14.4 Å². The Morgan fingerprint density at radius 3 is 1.92 bits per heavy atom. The molecule has 0 aliphatic rings. The molecule has 4 nitrogen and oxygen atoms in total. The van der Waals surface area contributed by atoms with Crippen LogP contribution in [-0.4, -0.2) is 14.5 Å². The topological polar surface area (TPSA) is 43.9 Å². The maximum Gasteiger partial charge on any atom is 0.227 e. The molecule has 0 unspecified atom stereocenters. The number of pyridine rings is 1. The van der Waals surface area contributed by atoms with Gasteiger partial charge in [-0.25, -0.2) is 14.4 Å². The highest BCUT2D eigenvalue weighted by Crippen LogP contribution is 2.41. The van der Waals surface area contributed by atoms with E-state index in [1.807, 2.05) is 18.2 Å². The summed E-state index contributed by atoms with van der Waals surface area (Å²) in [5.74, 6) is 0.542. The number of imidazole rings is 1. The summed E-state index contributed by atoms with van der Waals surface area (Å²) in [5, 5.41) is 1.88. The lowest BCUT2D eigenvalue weighted by molar-refractivity contribution is 0.590. The van der Waals surface area contributed by atoms with Crippen LogP contribution in [-0.2, 0) is 12.0 Å². The Morgan fingerprint density at radius 1 is 0.596 bits per heavy atom. The summed E-state index contributed by atoms with van der Waals surface area (Å²) >= 11 is 0. The molecule has 52 heavy (non-hydrogen) atoms. The number of nitrogens with zero attached hydrogens (tertiary/aromatic N) is 3. The van der Waals surface area contributed by atoms with Crippen molar-refractivity contribution in [3.63, 3.8) is 0 Å². The first-order valence-electron chi connectivity index (χ1n) is 17.6. The van der Waals surface area contributed by atoms with Gasteiger partial charge in [-0.1, -0.05) is 118 Å². The minimum absolute atomic E-state index is 0.0556. The monoisotopic (exact) mass is 677 g/mol. The second-order valence-corrected chi connectivity index (χ2v) is 14.4. The van der Waals surface area contributed by atoms with Gasteiger partial charge in [-0.3, -0.25) is 0 Å². The largest absolute Gasteiger partial charge is 0.437 e. The maximum atomic E-state index is 13.7. The van der Waals surface area contributed by atoms with Crippen LogP contribution in [0.1, 0.15) is 31.9 Å². The Hall–Kier alpha value is -6.33. The smallest absolute Gasteiger partial charge is 0.227 e. The normalized spacial score (nSPS) is 11.9. The van der Waals surface area contributed by atoms with Crippen LogP contribution in [0.2, 0.25) is 0 Å². The van der Waals surface area contributed by atoms with Crippen LogP contribution in [0.15, 0.2) is 156 Å². The number of fused-ring (bicyclic) bond motifs is 4. The van der Waals surface area contributed by atoms with Crippen molar-refractivity contribution >= 4 is 33.1 Å². The number of aromatic nitrogens is 3. The molecule has 0 atom stereocenters. The first-order valence-corrected chi connectivity index (χ1v) is 17.6. The first-order chi connectivity index (χ1) is 25.3. The third-order valence-electron chi connectivity index (χ3n) is 10.0. The zero-order chi connectivity index (χ0) is 35.4. The molecule has 0 saturated heterocycles. The summed E-state index contributed by atoms with van der Waals surface area (Å²) in [6.07, 6.45) is 0. The van der Waals surface area contributed by atoms with E-state index in [1.54, 1.807) is 12.1 Å². The Balaban J connectivity index is 1.28. The van der Waals surface area contributed by atoms with E-state index in [0.717, 1.165) is 50.0 Å². The second-order valence-electron chi connectivity index (χ2n) is 14.4. The van der Waals surface area contributed by atoms with Gasteiger partial charge in [0.25, 0.3) is 0 Å². The maximum absolute atomic E-state index is 13.7. The summed E-state index contributed by atoms with van der Waals surface area (Å²) in [6.45, 7) is 7.41. The minimum atomic E-state index is -0.280. The third kappa shape index (κ3) is 5.55. The van der Waals surface area contributed by atoms with Crippen molar-refractivity contribution in [2.75, 3.05) is 0 Å². The Labute approximate surface area is 301 Å².